The number of nitrogens with zero attached hydrogens (tertiary/aromatic N) is 1. The minimum Gasteiger partial charge on any atom is -0.461 e. The van der Waals surface area contributed by atoms with E-state index < -0.39 is 5.97 Å². The molecule has 0 aromatic carbocycles. The van der Waals surface area contributed by atoms with E-state index in [4.69, 9.17) is 9.47 Å². The first kappa shape index (κ1) is 14.1. The van der Waals surface area contributed by atoms with Gasteiger partial charge in [-0.2, -0.15) is 0 Å². The summed E-state index contributed by atoms with van der Waals surface area (Å²) in [5.41, 5.74) is 0.113. The van der Waals surface area contributed by atoms with Gasteiger partial charge in [-0.3, -0.25) is 4.79 Å². The Kier molecular flexibility index (Phi) is 4.62. The topological polar surface area (TPSA) is 77.5 Å². The van der Waals surface area contributed by atoms with Crippen LogP contribution in [-0.2, 0) is 9.47 Å². The lowest BCUT2D eigenvalue weighted by Crippen LogP contribution is -2.34. The molecule has 0 radical (unpaired) electrons. The lowest BCUT2D eigenvalue weighted by molar-refractivity contribution is 0.0515. The molecule has 1 aliphatic heterocycles. The Labute approximate surface area is 115 Å². The van der Waals surface area contributed by atoms with Gasteiger partial charge in [-0.05, 0) is 6.92 Å². The zero-order valence-electron chi connectivity index (χ0n) is 10.9. The highest BCUT2D eigenvalue weighted by Crippen LogP contribution is 2.26. The van der Waals surface area contributed by atoms with Gasteiger partial charge in [0.15, 0.2) is 11.5 Å². The Morgan fingerprint density at radius 3 is 2.95 bits per heavy atom. The van der Waals surface area contributed by atoms with Crippen LogP contribution in [0.25, 0.3) is 0 Å². The van der Waals surface area contributed by atoms with E-state index in [1.54, 1.807) is 6.92 Å². The van der Waals surface area contributed by atoms with E-state index in [0.717, 1.165) is 6.54 Å². The number of Topliss-reactive ketones (excluding diaryl/α,β-unsaturated/α-hetero) is 1. The van der Waals surface area contributed by atoms with Gasteiger partial charge < -0.3 is 14.8 Å². The third kappa shape index (κ3) is 3.17. The Morgan fingerprint density at radius 2 is 2.37 bits per heavy atom. The van der Waals surface area contributed by atoms with Crippen molar-refractivity contribution in [1.29, 1.82) is 0 Å². The normalized spacial score (nSPS) is 19.2. The quantitative estimate of drug-likeness (QED) is 0.661. The number of hydrogen-bond acceptors (Lipinski definition) is 7. The van der Waals surface area contributed by atoms with Gasteiger partial charge in [0.2, 0.25) is 0 Å². The van der Waals surface area contributed by atoms with Crippen LogP contribution in [0, 0.1) is 0 Å². The number of ether oxygens (including phenoxy) is 2. The molecule has 2 rings (SSSR count). The van der Waals surface area contributed by atoms with Gasteiger partial charge in [0.25, 0.3) is 0 Å². The molecule has 1 saturated heterocycles. The third-order valence-corrected chi connectivity index (χ3v) is 3.92. The van der Waals surface area contributed by atoms with E-state index in [2.05, 4.69) is 10.3 Å². The molecule has 2 heterocycles. The summed E-state index contributed by atoms with van der Waals surface area (Å²) < 4.78 is 10.3. The Bertz CT molecular complexity index is 480. The lowest BCUT2D eigenvalue weighted by atomic mass is 10.2. The molecular formula is C12H16N2O4S. The first-order valence-corrected chi connectivity index (χ1v) is 6.95. The molecule has 19 heavy (non-hydrogen) atoms. The van der Waals surface area contributed by atoms with Crippen molar-refractivity contribution in [2.45, 2.75) is 19.9 Å². The fourth-order valence-electron chi connectivity index (χ4n) is 1.79. The van der Waals surface area contributed by atoms with Crippen LogP contribution in [0.4, 0.5) is 0 Å². The Morgan fingerprint density at radius 1 is 1.58 bits per heavy atom. The molecule has 0 bridgehead atoms. The van der Waals surface area contributed by atoms with Gasteiger partial charge in [0, 0.05) is 13.5 Å². The smallest absolute Gasteiger partial charge is 0.358 e. The number of carbonyl (C=O) groups is 2. The van der Waals surface area contributed by atoms with Crippen LogP contribution in [0.15, 0.2) is 0 Å². The van der Waals surface area contributed by atoms with Gasteiger partial charge in [0.05, 0.1) is 25.9 Å². The first-order valence-electron chi connectivity index (χ1n) is 6.13. The molecule has 1 N–H and O–H groups in total. The second-order valence-corrected chi connectivity index (χ2v) is 5.12. The number of thiazole rings is 1. The largest absolute Gasteiger partial charge is 0.461 e. The van der Waals surface area contributed by atoms with Crippen LogP contribution >= 0.6 is 11.3 Å². The SMILES string of the molecule is CCOC(=O)c1nc(C2COCCN2)sc1C(C)=O. The van der Waals surface area contributed by atoms with Gasteiger partial charge in [-0.15, -0.1) is 11.3 Å². The van der Waals surface area contributed by atoms with Crippen LogP contribution in [0.1, 0.15) is 45.1 Å². The maximum Gasteiger partial charge on any atom is 0.358 e. The molecule has 1 unspecified atom stereocenters. The molecule has 0 aliphatic carbocycles. The van der Waals surface area contributed by atoms with E-state index in [1.165, 1.54) is 18.3 Å². The molecule has 1 fully saturated rings. The number of ketones is 1. The summed E-state index contributed by atoms with van der Waals surface area (Å²) in [6, 6.07) is -0.0694. The zero-order chi connectivity index (χ0) is 13.8. The van der Waals surface area contributed by atoms with Crippen LogP contribution in [0.3, 0.4) is 0 Å². The van der Waals surface area contributed by atoms with Gasteiger partial charge >= 0.3 is 5.97 Å². The molecule has 1 aromatic rings. The van der Waals surface area contributed by atoms with Crippen molar-refractivity contribution in [2.24, 2.45) is 0 Å². The summed E-state index contributed by atoms with van der Waals surface area (Å²) in [6.07, 6.45) is 0. The number of morpholine rings is 1. The predicted octanol–water partition coefficient (Wildman–Crippen LogP) is 1.18. The number of rotatable bonds is 4. The highest BCUT2D eigenvalue weighted by Gasteiger charge is 2.26. The highest BCUT2D eigenvalue weighted by atomic mass is 32.1. The average molecular weight is 284 g/mol. The highest BCUT2D eigenvalue weighted by molar-refractivity contribution is 7.14. The van der Waals surface area contributed by atoms with E-state index in [0.29, 0.717) is 23.1 Å². The molecule has 7 heteroatoms. The Hall–Kier alpha value is -1.31. The summed E-state index contributed by atoms with van der Waals surface area (Å²) >= 11 is 1.22. The summed E-state index contributed by atoms with van der Waals surface area (Å²) in [7, 11) is 0. The minimum absolute atomic E-state index is 0.0694. The standard InChI is InChI=1S/C12H16N2O4S/c1-3-18-12(16)9-10(7(2)15)19-11(14-9)8-6-17-5-4-13-8/h8,13H,3-6H2,1-2H3. The fourth-order valence-corrected chi connectivity index (χ4v) is 2.80. The van der Waals surface area contributed by atoms with E-state index in [1.807, 2.05) is 0 Å². The van der Waals surface area contributed by atoms with Gasteiger partial charge in [-0.1, -0.05) is 0 Å². The van der Waals surface area contributed by atoms with Crippen molar-refractivity contribution >= 4 is 23.1 Å². The maximum absolute atomic E-state index is 11.8. The monoisotopic (exact) mass is 284 g/mol. The molecule has 1 aliphatic rings. The van der Waals surface area contributed by atoms with Gasteiger partial charge in [0.1, 0.15) is 9.88 Å². The first-order chi connectivity index (χ1) is 9.13. The molecule has 0 saturated carbocycles. The summed E-state index contributed by atoms with van der Waals surface area (Å²) in [5, 5.41) is 3.93. The van der Waals surface area contributed by atoms with Crippen molar-refractivity contribution in [3.05, 3.63) is 15.6 Å². The predicted molar refractivity (Wildman–Crippen MR) is 69.6 cm³/mol. The summed E-state index contributed by atoms with van der Waals surface area (Å²) in [4.78, 5) is 28.0. The van der Waals surface area contributed by atoms with Crippen molar-refractivity contribution in [2.75, 3.05) is 26.4 Å². The van der Waals surface area contributed by atoms with Gasteiger partial charge in [-0.25, -0.2) is 9.78 Å². The van der Waals surface area contributed by atoms with E-state index in [-0.39, 0.29) is 24.1 Å². The lowest BCUT2D eigenvalue weighted by Gasteiger charge is -2.21. The van der Waals surface area contributed by atoms with Crippen molar-refractivity contribution in [1.82, 2.24) is 10.3 Å². The van der Waals surface area contributed by atoms with Crippen LogP contribution in [-0.4, -0.2) is 43.1 Å². The molecule has 104 valence electrons. The van der Waals surface area contributed by atoms with Crippen molar-refractivity contribution in [3.63, 3.8) is 0 Å². The molecule has 1 aromatic heterocycles. The van der Waals surface area contributed by atoms with Crippen molar-refractivity contribution in [3.8, 4) is 0 Å². The molecule has 0 amide bonds. The van der Waals surface area contributed by atoms with Crippen LogP contribution < -0.4 is 5.32 Å². The number of esters is 1. The van der Waals surface area contributed by atoms with E-state index in [9.17, 15) is 9.59 Å². The zero-order valence-corrected chi connectivity index (χ0v) is 11.7. The van der Waals surface area contributed by atoms with Crippen LogP contribution in [0.5, 0.6) is 0 Å². The molecule has 0 spiro atoms. The fraction of sp³-hybridized carbons (Fsp3) is 0.583. The van der Waals surface area contributed by atoms with Crippen LogP contribution in [0.2, 0.25) is 0 Å². The molecule has 1 atom stereocenters. The third-order valence-electron chi connectivity index (χ3n) is 2.65. The molecule has 6 nitrogen and oxygen atoms in total. The summed E-state index contributed by atoms with van der Waals surface area (Å²) in [6.45, 7) is 5.28. The number of carbonyl (C=O) groups excluding carboxylic acids is 2. The number of nitrogens with one attached hydrogen (secondary N) is 1. The second kappa shape index (κ2) is 6.23. The summed E-state index contributed by atoms with van der Waals surface area (Å²) in [5.74, 6) is -0.726. The van der Waals surface area contributed by atoms with Crippen molar-refractivity contribution < 1.29 is 19.1 Å². The minimum atomic E-state index is -0.549. The molecular weight excluding hydrogens is 268 g/mol. The second-order valence-electron chi connectivity index (χ2n) is 4.09. The number of hydrogen-bond donors (Lipinski definition) is 1. The van der Waals surface area contributed by atoms with E-state index >= 15 is 0 Å². The Balaban J connectivity index is 2.28. The number of aromatic nitrogens is 1. The maximum atomic E-state index is 11.8. The average Bonchev–Trinajstić information content (AvgIpc) is 2.85.